The highest BCUT2D eigenvalue weighted by molar-refractivity contribution is 6.05. The lowest BCUT2D eigenvalue weighted by molar-refractivity contribution is -0.143. The lowest BCUT2D eigenvalue weighted by atomic mass is 9.42. The molecule has 37 heavy (non-hydrogen) atoms. The summed E-state index contributed by atoms with van der Waals surface area (Å²) in [5, 5.41) is 31.5. The third kappa shape index (κ3) is 3.75. The third-order valence-corrected chi connectivity index (χ3v) is 11.2. The molecule has 204 valence electrons. The number of allylic oxidation sites excluding steroid dienone is 3. The summed E-state index contributed by atoms with van der Waals surface area (Å²) in [6.45, 7) is 13.1. The molecular weight excluding hydrogens is 472 g/mol. The average Bonchev–Trinajstić information content (AvgIpc) is 2.99. The maximum atomic E-state index is 14.0. The van der Waals surface area contributed by atoms with Crippen molar-refractivity contribution < 1.29 is 34.5 Å². The summed E-state index contributed by atoms with van der Waals surface area (Å²) < 4.78 is 0. The first kappa shape index (κ1) is 27.9. The number of rotatable bonds is 5. The molecule has 0 aromatic heterocycles. The van der Waals surface area contributed by atoms with Crippen molar-refractivity contribution in [3.8, 4) is 0 Å². The van der Waals surface area contributed by atoms with Crippen molar-refractivity contribution in [3.63, 3.8) is 0 Å². The van der Waals surface area contributed by atoms with E-state index < -0.39 is 45.8 Å². The SMILES string of the molecule is CC(=CC(=O)CC(C)C(=O)O)C1CC(=O)C2(C)C3=C(C(=O)CC12C)C1(C)CCC(O)C(C)(C)C1CC3O. The summed E-state index contributed by atoms with van der Waals surface area (Å²) >= 11 is 0. The number of carbonyl (C=O) groups excluding carboxylic acids is 3. The molecule has 0 bridgehead atoms. The standard InChI is InChI=1S/C30H42O7/c1-15(10-17(31)11-16(2)26(36)37)18-12-23(35)30(7)25-19(32)13-21-27(3,4)22(34)8-9-28(21,5)24(25)20(33)14-29(18,30)6/h10,16,18-19,21-22,32,34H,8-9,11-14H2,1-7H3,(H,36,37). The molecule has 8 atom stereocenters. The van der Waals surface area contributed by atoms with Gasteiger partial charge in [-0.05, 0) is 72.8 Å². The van der Waals surface area contributed by atoms with E-state index in [0.29, 0.717) is 36.0 Å². The van der Waals surface area contributed by atoms with Gasteiger partial charge in [-0.2, -0.15) is 0 Å². The molecule has 7 heteroatoms. The van der Waals surface area contributed by atoms with Gasteiger partial charge in [-0.25, -0.2) is 0 Å². The normalized spacial score (nSPS) is 42.1. The predicted octanol–water partition coefficient (Wildman–Crippen LogP) is 4.05. The minimum absolute atomic E-state index is 0.0321. The van der Waals surface area contributed by atoms with Crippen LogP contribution >= 0.6 is 0 Å². The molecule has 0 heterocycles. The Labute approximate surface area is 219 Å². The number of aliphatic carboxylic acids is 1. The molecule has 2 saturated carbocycles. The van der Waals surface area contributed by atoms with Gasteiger partial charge in [0.1, 0.15) is 5.78 Å². The molecular formula is C30H42O7. The van der Waals surface area contributed by atoms with Gasteiger partial charge >= 0.3 is 5.97 Å². The molecule has 7 nitrogen and oxygen atoms in total. The van der Waals surface area contributed by atoms with Crippen molar-refractivity contribution in [3.05, 3.63) is 22.8 Å². The first-order chi connectivity index (χ1) is 16.9. The quantitative estimate of drug-likeness (QED) is 0.472. The molecule has 0 aromatic carbocycles. The van der Waals surface area contributed by atoms with Crippen LogP contribution in [0.2, 0.25) is 0 Å². The number of aliphatic hydroxyl groups excluding tert-OH is 2. The maximum Gasteiger partial charge on any atom is 0.306 e. The van der Waals surface area contributed by atoms with Crippen molar-refractivity contribution in [1.82, 2.24) is 0 Å². The van der Waals surface area contributed by atoms with Gasteiger partial charge in [0.15, 0.2) is 11.6 Å². The highest BCUT2D eigenvalue weighted by atomic mass is 16.4. The van der Waals surface area contributed by atoms with E-state index in [2.05, 4.69) is 6.92 Å². The average molecular weight is 515 g/mol. The summed E-state index contributed by atoms with van der Waals surface area (Å²) in [4.78, 5) is 51.7. The monoisotopic (exact) mass is 514 g/mol. The molecule has 0 spiro atoms. The molecule has 4 aliphatic carbocycles. The highest BCUT2D eigenvalue weighted by Crippen LogP contribution is 2.70. The van der Waals surface area contributed by atoms with E-state index in [4.69, 9.17) is 5.11 Å². The third-order valence-electron chi connectivity index (χ3n) is 11.2. The topological polar surface area (TPSA) is 129 Å². The van der Waals surface area contributed by atoms with Gasteiger partial charge in [-0.1, -0.05) is 40.2 Å². The highest BCUT2D eigenvalue weighted by Gasteiger charge is 2.69. The second kappa shape index (κ2) is 8.70. The van der Waals surface area contributed by atoms with Crippen molar-refractivity contribution in [1.29, 1.82) is 0 Å². The Kier molecular flexibility index (Phi) is 6.56. The Morgan fingerprint density at radius 3 is 2.32 bits per heavy atom. The Morgan fingerprint density at radius 1 is 1.11 bits per heavy atom. The minimum Gasteiger partial charge on any atom is -0.481 e. The van der Waals surface area contributed by atoms with Crippen LogP contribution in [0.15, 0.2) is 22.8 Å². The molecule has 4 rings (SSSR count). The number of hydrogen-bond acceptors (Lipinski definition) is 6. The second-order valence-corrected chi connectivity index (χ2v) is 13.5. The van der Waals surface area contributed by atoms with Crippen molar-refractivity contribution in [2.24, 2.45) is 39.4 Å². The fourth-order valence-electron chi connectivity index (χ4n) is 8.69. The number of fused-ring (bicyclic) bond motifs is 4. The zero-order chi connectivity index (χ0) is 27.9. The van der Waals surface area contributed by atoms with Gasteiger partial charge in [0, 0.05) is 24.8 Å². The number of carboxylic acid groups (broad SMARTS) is 1. The van der Waals surface area contributed by atoms with E-state index >= 15 is 0 Å². The number of carbonyl (C=O) groups is 4. The van der Waals surface area contributed by atoms with Gasteiger partial charge in [0.05, 0.1) is 23.5 Å². The van der Waals surface area contributed by atoms with E-state index in [1.54, 1.807) is 6.92 Å². The molecule has 3 N–H and O–H groups in total. The number of carboxylic acids is 1. The van der Waals surface area contributed by atoms with Gasteiger partial charge in [0.25, 0.3) is 0 Å². The molecule has 4 aliphatic rings. The van der Waals surface area contributed by atoms with E-state index in [0.717, 1.165) is 0 Å². The Hall–Kier alpha value is -2.12. The number of ketones is 3. The summed E-state index contributed by atoms with van der Waals surface area (Å²) in [6.07, 6.45) is 1.71. The van der Waals surface area contributed by atoms with Gasteiger partial charge < -0.3 is 15.3 Å². The van der Waals surface area contributed by atoms with Crippen molar-refractivity contribution in [2.45, 2.75) is 99.2 Å². The Balaban J connectivity index is 1.80. The molecule has 0 saturated heterocycles. The van der Waals surface area contributed by atoms with Crippen LogP contribution in [0.3, 0.4) is 0 Å². The van der Waals surface area contributed by atoms with Crippen LogP contribution in [0.5, 0.6) is 0 Å². The van der Waals surface area contributed by atoms with Gasteiger partial charge in [0.2, 0.25) is 0 Å². The van der Waals surface area contributed by atoms with Crippen molar-refractivity contribution >= 4 is 23.3 Å². The largest absolute Gasteiger partial charge is 0.481 e. The van der Waals surface area contributed by atoms with Crippen LogP contribution in [-0.2, 0) is 19.2 Å². The molecule has 0 aromatic rings. The number of Topliss-reactive ketones (excluding diaryl/α,β-unsaturated/α-hetero) is 2. The first-order valence-corrected chi connectivity index (χ1v) is 13.5. The molecule has 0 amide bonds. The van der Waals surface area contributed by atoms with E-state index in [1.165, 1.54) is 13.0 Å². The summed E-state index contributed by atoms with van der Waals surface area (Å²) in [7, 11) is 0. The van der Waals surface area contributed by atoms with Crippen LogP contribution in [0.4, 0.5) is 0 Å². The van der Waals surface area contributed by atoms with Crippen LogP contribution in [-0.4, -0.2) is 50.8 Å². The minimum atomic E-state index is -1.05. The smallest absolute Gasteiger partial charge is 0.306 e. The fraction of sp³-hybridized carbons (Fsp3) is 0.733. The van der Waals surface area contributed by atoms with Crippen LogP contribution in [0.25, 0.3) is 0 Å². The molecule has 8 unspecified atom stereocenters. The first-order valence-electron chi connectivity index (χ1n) is 13.5. The van der Waals surface area contributed by atoms with Crippen LogP contribution < -0.4 is 0 Å². The van der Waals surface area contributed by atoms with Gasteiger partial charge in [-0.3, -0.25) is 19.2 Å². The van der Waals surface area contributed by atoms with E-state index in [-0.39, 0.29) is 48.4 Å². The summed E-state index contributed by atoms with van der Waals surface area (Å²) in [6, 6.07) is 0. The van der Waals surface area contributed by atoms with Crippen LogP contribution in [0, 0.1) is 39.4 Å². The Morgan fingerprint density at radius 2 is 1.73 bits per heavy atom. The summed E-state index contributed by atoms with van der Waals surface area (Å²) in [5.74, 6) is -2.71. The Bertz CT molecular complexity index is 1130. The number of hydrogen-bond donors (Lipinski definition) is 3. The molecule has 0 radical (unpaired) electrons. The van der Waals surface area contributed by atoms with E-state index in [9.17, 15) is 29.4 Å². The zero-order valence-electron chi connectivity index (χ0n) is 23.2. The molecule has 2 fully saturated rings. The zero-order valence-corrected chi connectivity index (χ0v) is 23.2. The molecule has 0 aliphatic heterocycles. The second-order valence-electron chi connectivity index (χ2n) is 13.5. The van der Waals surface area contributed by atoms with Crippen molar-refractivity contribution in [2.75, 3.05) is 0 Å². The lowest BCUT2D eigenvalue weighted by Gasteiger charge is -2.61. The summed E-state index contributed by atoms with van der Waals surface area (Å²) in [5.41, 5.74) is -1.06. The number of aliphatic hydroxyl groups is 2. The lowest BCUT2D eigenvalue weighted by Crippen LogP contribution is -2.60. The van der Waals surface area contributed by atoms with Crippen LogP contribution in [0.1, 0.15) is 87.0 Å². The van der Waals surface area contributed by atoms with E-state index in [1.807, 2.05) is 27.7 Å². The van der Waals surface area contributed by atoms with Gasteiger partial charge in [-0.15, -0.1) is 0 Å². The fourth-order valence-corrected chi connectivity index (χ4v) is 8.69. The predicted molar refractivity (Wildman–Crippen MR) is 137 cm³/mol. The maximum absolute atomic E-state index is 14.0.